The van der Waals surface area contributed by atoms with Gasteiger partial charge in [0, 0.05) is 69.9 Å². The lowest BCUT2D eigenvalue weighted by atomic mass is 9.92. The number of nitrogens with zero attached hydrogens (tertiary/aromatic N) is 4. The minimum absolute atomic E-state index is 0.0479. The zero-order chi connectivity index (χ0) is 31.8. The molecule has 240 valence electrons. The Morgan fingerprint density at radius 1 is 0.867 bits per heavy atom. The van der Waals surface area contributed by atoms with Crippen LogP contribution in [0.15, 0.2) is 78.9 Å². The summed E-state index contributed by atoms with van der Waals surface area (Å²) in [5.41, 5.74) is 4.08. The molecule has 0 radical (unpaired) electrons. The molecule has 3 aromatic rings. The second kappa shape index (κ2) is 15.5. The maximum Gasteiger partial charge on any atom is 0.305 e. The van der Waals surface area contributed by atoms with Crippen LogP contribution in [0.5, 0.6) is 5.75 Å². The number of carbonyl (C=O) groups is 2. The third-order valence-electron chi connectivity index (χ3n) is 9.18. The fourth-order valence-electron chi connectivity index (χ4n) is 6.77. The summed E-state index contributed by atoms with van der Waals surface area (Å²) < 4.78 is 5.04. The number of esters is 1. The number of rotatable bonds is 11. The molecule has 8 nitrogen and oxygen atoms in total. The van der Waals surface area contributed by atoms with Crippen molar-refractivity contribution in [3.63, 3.8) is 0 Å². The number of amides is 1. The van der Waals surface area contributed by atoms with Crippen LogP contribution >= 0.6 is 0 Å². The highest BCUT2D eigenvalue weighted by Crippen LogP contribution is 2.35. The van der Waals surface area contributed by atoms with Gasteiger partial charge in [-0.1, -0.05) is 54.6 Å². The number of hydrogen-bond donors (Lipinski definition) is 1. The normalized spacial score (nSPS) is 20.6. The standard InChI is InChI=1S/C37H48N4O4/c1-4-45-35(43)17-10-18-38-19-21-39(22-20-38)37(44)33-15-8-13-31(23-33)36(32-14-9-16-34(42)24-32)41-26-28(2)40(25-29(41)3)27-30-11-6-5-7-12-30/h5-9,11-16,23-24,28-29,36,42H,4,10,17-22,25-27H2,1-3H3/t28-,29-,36?/m1/s1. The van der Waals surface area contributed by atoms with Gasteiger partial charge in [0.1, 0.15) is 5.75 Å². The van der Waals surface area contributed by atoms with Gasteiger partial charge in [-0.3, -0.25) is 24.3 Å². The number of piperazine rings is 2. The van der Waals surface area contributed by atoms with E-state index < -0.39 is 0 Å². The Hall–Kier alpha value is -3.72. The first kappa shape index (κ1) is 32.7. The third kappa shape index (κ3) is 8.51. The average Bonchev–Trinajstić information content (AvgIpc) is 3.04. The molecule has 2 heterocycles. The van der Waals surface area contributed by atoms with Crippen LogP contribution in [0.25, 0.3) is 0 Å². The van der Waals surface area contributed by atoms with Gasteiger partial charge in [-0.05, 0) is 74.7 Å². The van der Waals surface area contributed by atoms with Crippen molar-refractivity contribution in [3.05, 3.63) is 101 Å². The van der Waals surface area contributed by atoms with E-state index in [0.29, 0.717) is 37.7 Å². The summed E-state index contributed by atoms with van der Waals surface area (Å²) >= 11 is 0. The Morgan fingerprint density at radius 2 is 1.58 bits per heavy atom. The van der Waals surface area contributed by atoms with Crippen molar-refractivity contribution < 1.29 is 19.4 Å². The predicted octanol–water partition coefficient (Wildman–Crippen LogP) is 5.18. The molecule has 1 unspecified atom stereocenters. The van der Waals surface area contributed by atoms with Crippen molar-refractivity contribution in [2.24, 2.45) is 0 Å². The van der Waals surface area contributed by atoms with Crippen LogP contribution in [0.4, 0.5) is 0 Å². The van der Waals surface area contributed by atoms with Crippen molar-refractivity contribution in [2.75, 3.05) is 52.4 Å². The molecule has 5 rings (SSSR count). The van der Waals surface area contributed by atoms with Crippen molar-refractivity contribution in [1.82, 2.24) is 19.6 Å². The predicted molar refractivity (Wildman–Crippen MR) is 177 cm³/mol. The van der Waals surface area contributed by atoms with E-state index in [1.54, 1.807) is 6.07 Å². The molecule has 0 aromatic heterocycles. The zero-order valence-electron chi connectivity index (χ0n) is 27.0. The van der Waals surface area contributed by atoms with Gasteiger partial charge in [-0.15, -0.1) is 0 Å². The van der Waals surface area contributed by atoms with E-state index in [1.165, 1.54) is 5.56 Å². The summed E-state index contributed by atoms with van der Waals surface area (Å²) in [7, 11) is 0. The zero-order valence-corrected chi connectivity index (χ0v) is 27.0. The van der Waals surface area contributed by atoms with Crippen molar-refractivity contribution in [1.29, 1.82) is 0 Å². The van der Waals surface area contributed by atoms with Gasteiger partial charge in [-0.25, -0.2) is 0 Å². The van der Waals surface area contributed by atoms with E-state index in [-0.39, 0.29) is 29.7 Å². The monoisotopic (exact) mass is 612 g/mol. The van der Waals surface area contributed by atoms with E-state index >= 15 is 0 Å². The molecule has 3 aromatic carbocycles. The molecule has 1 amide bonds. The molecule has 0 aliphatic carbocycles. The highest BCUT2D eigenvalue weighted by atomic mass is 16.5. The van der Waals surface area contributed by atoms with Crippen molar-refractivity contribution >= 4 is 11.9 Å². The van der Waals surface area contributed by atoms with E-state index in [0.717, 1.165) is 56.8 Å². The van der Waals surface area contributed by atoms with Crippen molar-refractivity contribution in [2.45, 2.75) is 58.3 Å². The van der Waals surface area contributed by atoms with Crippen LogP contribution in [0.1, 0.15) is 66.7 Å². The quantitative estimate of drug-likeness (QED) is 0.299. The maximum atomic E-state index is 13.7. The topological polar surface area (TPSA) is 76.6 Å². The summed E-state index contributed by atoms with van der Waals surface area (Å²) in [6.07, 6.45) is 1.20. The number of phenols is 1. The molecule has 0 saturated carbocycles. The second-order valence-corrected chi connectivity index (χ2v) is 12.5. The Bertz CT molecular complexity index is 1410. The summed E-state index contributed by atoms with van der Waals surface area (Å²) in [6.45, 7) is 13.3. The van der Waals surface area contributed by atoms with Gasteiger partial charge in [0.05, 0.1) is 12.6 Å². The maximum absolute atomic E-state index is 13.7. The second-order valence-electron chi connectivity index (χ2n) is 12.5. The molecule has 3 atom stereocenters. The average molecular weight is 613 g/mol. The van der Waals surface area contributed by atoms with Crippen LogP contribution in [0.3, 0.4) is 0 Å². The summed E-state index contributed by atoms with van der Waals surface area (Å²) in [5, 5.41) is 10.5. The Balaban J connectivity index is 1.29. The van der Waals surface area contributed by atoms with Crippen LogP contribution in [0.2, 0.25) is 0 Å². The third-order valence-corrected chi connectivity index (χ3v) is 9.18. The van der Waals surface area contributed by atoms with Crippen LogP contribution < -0.4 is 0 Å². The molecule has 45 heavy (non-hydrogen) atoms. The lowest BCUT2D eigenvalue weighted by Crippen LogP contribution is -2.56. The lowest BCUT2D eigenvalue weighted by molar-refractivity contribution is -0.143. The van der Waals surface area contributed by atoms with Gasteiger partial charge in [0.15, 0.2) is 0 Å². The van der Waals surface area contributed by atoms with E-state index in [9.17, 15) is 14.7 Å². The number of aromatic hydroxyl groups is 1. The number of benzene rings is 3. The SMILES string of the molecule is CCOC(=O)CCCN1CCN(C(=O)c2cccc(C(c3cccc(O)c3)N3C[C@@H](C)N(Cc4ccccc4)C[C@H]3C)c2)CC1. The summed E-state index contributed by atoms with van der Waals surface area (Å²) in [5.74, 6) is 0.146. The largest absolute Gasteiger partial charge is 0.508 e. The van der Waals surface area contributed by atoms with Gasteiger partial charge < -0.3 is 14.7 Å². The molecule has 2 aliphatic heterocycles. The summed E-state index contributed by atoms with van der Waals surface area (Å²) in [4.78, 5) is 34.7. The van der Waals surface area contributed by atoms with Crippen LogP contribution in [-0.2, 0) is 16.1 Å². The van der Waals surface area contributed by atoms with Crippen molar-refractivity contribution in [3.8, 4) is 5.75 Å². The minimum atomic E-state index is -0.145. The minimum Gasteiger partial charge on any atom is -0.508 e. The molecule has 0 spiro atoms. The first-order valence-corrected chi connectivity index (χ1v) is 16.4. The van der Waals surface area contributed by atoms with E-state index in [4.69, 9.17) is 4.74 Å². The fraction of sp³-hybridized carbons (Fsp3) is 0.459. The van der Waals surface area contributed by atoms with E-state index in [1.807, 2.05) is 36.1 Å². The molecule has 8 heteroatoms. The lowest BCUT2D eigenvalue weighted by Gasteiger charge is -2.47. The Kier molecular flexibility index (Phi) is 11.3. The fourth-order valence-corrected chi connectivity index (χ4v) is 6.77. The van der Waals surface area contributed by atoms with Gasteiger partial charge in [0.2, 0.25) is 0 Å². The first-order valence-electron chi connectivity index (χ1n) is 16.4. The van der Waals surface area contributed by atoms with Gasteiger partial charge >= 0.3 is 5.97 Å². The molecule has 1 N–H and O–H groups in total. The molecule has 2 fully saturated rings. The molecular formula is C37H48N4O4. The smallest absolute Gasteiger partial charge is 0.305 e. The van der Waals surface area contributed by atoms with Crippen LogP contribution in [-0.4, -0.2) is 101 Å². The number of phenolic OH excluding ortho intramolecular Hbond substituents is 1. The number of carbonyl (C=O) groups excluding carboxylic acids is 2. The molecule has 0 bridgehead atoms. The van der Waals surface area contributed by atoms with Gasteiger partial charge in [-0.2, -0.15) is 0 Å². The van der Waals surface area contributed by atoms with E-state index in [2.05, 4.69) is 77.1 Å². The summed E-state index contributed by atoms with van der Waals surface area (Å²) in [6, 6.07) is 26.7. The number of ether oxygens (including phenoxy) is 1. The van der Waals surface area contributed by atoms with Gasteiger partial charge in [0.25, 0.3) is 5.91 Å². The highest BCUT2D eigenvalue weighted by molar-refractivity contribution is 5.94. The van der Waals surface area contributed by atoms with Crippen LogP contribution in [0, 0.1) is 0 Å². The molecule has 2 saturated heterocycles. The number of hydrogen-bond acceptors (Lipinski definition) is 7. The Labute approximate surface area is 268 Å². The first-order chi connectivity index (χ1) is 21.8. The Morgan fingerprint density at radius 3 is 2.29 bits per heavy atom. The molecular weight excluding hydrogens is 564 g/mol. The highest BCUT2D eigenvalue weighted by Gasteiger charge is 2.35. The molecule has 2 aliphatic rings.